The van der Waals surface area contributed by atoms with Crippen LogP contribution in [0.1, 0.15) is 75.3 Å². The van der Waals surface area contributed by atoms with E-state index >= 15 is 0 Å². The van der Waals surface area contributed by atoms with E-state index in [0.29, 0.717) is 12.3 Å². The van der Waals surface area contributed by atoms with Gasteiger partial charge in [0.1, 0.15) is 0 Å². The number of nitrogens with one attached hydrogen (secondary N) is 1. The van der Waals surface area contributed by atoms with Crippen molar-refractivity contribution in [1.82, 2.24) is 0 Å². The molecule has 1 fully saturated rings. The Morgan fingerprint density at radius 2 is 1.96 bits per heavy atom. The Labute approximate surface area is 153 Å². The van der Waals surface area contributed by atoms with Gasteiger partial charge in [-0.3, -0.25) is 0 Å². The van der Waals surface area contributed by atoms with Gasteiger partial charge in [0.05, 0.1) is 0 Å². The fourth-order valence-corrected chi connectivity index (χ4v) is 4.09. The summed E-state index contributed by atoms with van der Waals surface area (Å²) in [6.45, 7) is 3.99. The van der Waals surface area contributed by atoms with Crippen LogP contribution in [0, 0.1) is 10.8 Å². The number of ether oxygens (including phenoxy) is 1. The third kappa shape index (κ3) is 6.23. The average Bonchev–Trinajstić information content (AvgIpc) is 3.06. The van der Waals surface area contributed by atoms with Crippen LogP contribution in [0.15, 0.2) is 24.3 Å². The van der Waals surface area contributed by atoms with Crippen LogP contribution < -0.4 is 0 Å². The van der Waals surface area contributed by atoms with E-state index in [-0.39, 0.29) is 12.0 Å². The highest BCUT2D eigenvalue weighted by atomic mass is 16.5. The molecule has 0 bridgehead atoms. The van der Waals surface area contributed by atoms with Crippen molar-refractivity contribution in [1.29, 1.82) is 5.41 Å². The van der Waals surface area contributed by atoms with E-state index in [2.05, 4.69) is 24.3 Å². The lowest BCUT2D eigenvalue weighted by atomic mass is 9.82. The summed E-state index contributed by atoms with van der Waals surface area (Å²) in [5, 5.41) is 17.1. The van der Waals surface area contributed by atoms with E-state index in [9.17, 15) is 5.11 Å². The first-order valence-corrected chi connectivity index (χ1v) is 9.99. The normalized spacial score (nSPS) is 23.0. The first-order valence-electron chi connectivity index (χ1n) is 9.99. The SMILES string of the molecule is CCOCCCCCCc1ccc([C@H]2CC[C@@](CO)(CC=N)C2)cc1. The zero-order valence-electron chi connectivity index (χ0n) is 15.8. The number of hydrogen-bond donors (Lipinski definition) is 2. The first-order chi connectivity index (χ1) is 12.2. The van der Waals surface area contributed by atoms with Crippen molar-refractivity contribution in [2.75, 3.05) is 19.8 Å². The van der Waals surface area contributed by atoms with Crippen LogP contribution in [0.4, 0.5) is 0 Å². The molecule has 1 saturated carbocycles. The molecule has 1 aromatic rings. The van der Waals surface area contributed by atoms with Gasteiger partial charge in [-0.05, 0) is 80.5 Å². The number of aryl methyl sites for hydroxylation is 1. The van der Waals surface area contributed by atoms with Crippen LogP contribution in [0.3, 0.4) is 0 Å². The molecular formula is C22H35NO2. The second-order valence-corrected chi connectivity index (χ2v) is 7.61. The lowest BCUT2D eigenvalue weighted by Crippen LogP contribution is -2.22. The Morgan fingerprint density at radius 1 is 1.20 bits per heavy atom. The summed E-state index contributed by atoms with van der Waals surface area (Å²) in [6.07, 6.45) is 11.5. The molecule has 0 radical (unpaired) electrons. The smallest absolute Gasteiger partial charge is 0.0491 e. The van der Waals surface area contributed by atoms with E-state index in [1.807, 2.05) is 6.92 Å². The molecule has 1 aliphatic carbocycles. The van der Waals surface area contributed by atoms with Gasteiger partial charge in [0.2, 0.25) is 0 Å². The predicted molar refractivity (Wildman–Crippen MR) is 105 cm³/mol. The summed E-state index contributed by atoms with van der Waals surface area (Å²) in [5.41, 5.74) is 2.78. The van der Waals surface area contributed by atoms with Crippen molar-refractivity contribution in [2.24, 2.45) is 5.41 Å². The van der Waals surface area contributed by atoms with Gasteiger partial charge in [-0.2, -0.15) is 0 Å². The minimum Gasteiger partial charge on any atom is -0.396 e. The fourth-order valence-electron chi connectivity index (χ4n) is 4.09. The predicted octanol–water partition coefficient (Wildman–Crippen LogP) is 5.11. The van der Waals surface area contributed by atoms with Crippen LogP contribution in [-0.2, 0) is 11.2 Å². The minimum absolute atomic E-state index is 0.0490. The van der Waals surface area contributed by atoms with Gasteiger partial charge in [0, 0.05) is 19.8 Å². The summed E-state index contributed by atoms with van der Waals surface area (Å²) in [6, 6.07) is 9.13. The molecule has 0 unspecified atom stereocenters. The maximum atomic E-state index is 9.73. The molecule has 3 nitrogen and oxygen atoms in total. The largest absolute Gasteiger partial charge is 0.396 e. The van der Waals surface area contributed by atoms with E-state index < -0.39 is 0 Å². The monoisotopic (exact) mass is 345 g/mol. The summed E-state index contributed by atoms with van der Waals surface area (Å²) in [7, 11) is 0. The summed E-state index contributed by atoms with van der Waals surface area (Å²) < 4.78 is 5.37. The van der Waals surface area contributed by atoms with E-state index in [1.165, 1.54) is 43.0 Å². The standard InChI is InChI=1S/C22H35NO2/c1-2-25-16-6-4-3-5-7-19-8-10-20(11-9-19)21-12-13-22(17-21,18-24)14-15-23/h8-11,15,21,23-24H,2-7,12-14,16-18H2,1H3/t21-,22+/m0/s1. The second-order valence-electron chi connectivity index (χ2n) is 7.61. The molecule has 140 valence electrons. The summed E-state index contributed by atoms with van der Waals surface area (Å²) in [4.78, 5) is 0. The van der Waals surface area contributed by atoms with Gasteiger partial charge in [-0.15, -0.1) is 0 Å². The quantitative estimate of drug-likeness (QED) is 0.408. The second kappa shape index (κ2) is 10.7. The molecule has 0 heterocycles. The lowest BCUT2D eigenvalue weighted by molar-refractivity contribution is 0.136. The lowest BCUT2D eigenvalue weighted by Gasteiger charge is -2.25. The number of hydrogen-bond acceptors (Lipinski definition) is 3. The number of aliphatic hydroxyl groups is 1. The number of rotatable bonds is 12. The molecule has 2 N–H and O–H groups in total. The highest BCUT2D eigenvalue weighted by Crippen LogP contribution is 2.48. The van der Waals surface area contributed by atoms with Gasteiger partial charge in [0.15, 0.2) is 0 Å². The van der Waals surface area contributed by atoms with Crippen molar-refractivity contribution >= 4 is 6.21 Å². The molecule has 3 heteroatoms. The van der Waals surface area contributed by atoms with E-state index in [0.717, 1.165) is 38.9 Å². The molecule has 0 spiro atoms. The molecule has 2 atom stereocenters. The molecule has 0 aromatic heterocycles. The maximum Gasteiger partial charge on any atom is 0.0491 e. The van der Waals surface area contributed by atoms with E-state index in [4.69, 9.17) is 10.1 Å². The summed E-state index contributed by atoms with van der Waals surface area (Å²) >= 11 is 0. The Hall–Kier alpha value is -1.19. The van der Waals surface area contributed by atoms with Gasteiger partial charge >= 0.3 is 0 Å². The summed E-state index contributed by atoms with van der Waals surface area (Å²) in [5.74, 6) is 0.541. The third-order valence-electron chi connectivity index (χ3n) is 5.73. The van der Waals surface area contributed by atoms with Gasteiger partial charge in [-0.25, -0.2) is 0 Å². The Balaban J connectivity index is 1.74. The Bertz CT molecular complexity index is 499. The van der Waals surface area contributed by atoms with Gasteiger partial charge in [-0.1, -0.05) is 37.1 Å². The molecule has 2 rings (SSSR count). The fraction of sp³-hybridized carbons (Fsp3) is 0.682. The Morgan fingerprint density at radius 3 is 2.64 bits per heavy atom. The van der Waals surface area contributed by atoms with Crippen molar-refractivity contribution < 1.29 is 9.84 Å². The molecule has 1 aromatic carbocycles. The Kier molecular flexibility index (Phi) is 8.63. The van der Waals surface area contributed by atoms with Crippen LogP contribution in [0.5, 0.6) is 0 Å². The zero-order chi connectivity index (χ0) is 18.0. The number of unbranched alkanes of at least 4 members (excludes halogenated alkanes) is 3. The number of benzene rings is 1. The highest BCUT2D eigenvalue weighted by Gasteiger charge is 2.38. The maximum absolute atomic E-state index is 9.73. The molecule has 0 amide bonds. The third-order valence-corrected chi connectivity index (χ3v) is 5.73. The van der Waals surface area contributed by atoms with Crippen LogP contribution in [-0.4, -0.2) is 31.1 Å². The highest BCUT2D eigenvalue weighted by molar-refractivity contribution is 5.54. The number of aliphatic hydroxyl groups excluding tert-OH is 1. The zero-order valence-corrected chi connectivity index (χ0v) is 15.8. The van der Waals surface area contributed by atoms with Crippen molar-refractivity contribution in [2.45, 2.75) is 70.6 Å². The van der Waals surface area contributed by atoms with Gasteiger partial charge < -0.3 is 15.3 Å². The molecule has 0 aliphatic heterocycles. The minimum atomic E-state index is -0.0490. The molecule has 1 aliphatic rings. The van der Waals surface area contributed by atoms with Crippen LogP contribution in [0.25, 0.3) is 0 Å². The van der Waals surface area contributed by atoms with Crippen LogP contribution >= 0.6 is 0 Å². The van der Waals surface area contributed by atoms with Crippen LogP contribution in [0.2, 0.25) is 0 Å². The average molecular weight is 346 g/mol. The molecule has 25 heavy (non-hydrogen) atoms. The van der Waals surface area contributed by atoms with Crippen molar-refractivity contribution in [3.8, 4) is 0 Å². The van der Waals surface area contributed by atoms with Crippen molar-refractivity contribution in [3.63, 3.8) is 0 Å². The molecular weight excluding hydrogens is 310 g/mol. The van der Waals surface area contributed by atoms with E-state index in [1.54, 1.807) is 0 Å². The molecule has 0 saturated heterocycles. The van der Waals surface area contributed by atoms with Gasteiger partial charge in [0.25, 0.3) is 0 Å². The van der Waals surface area contributed by atoms with Crippen molar-refractivity contribution in [3.05, 3.63) is 35.4 Å². The first kappa shape index (κ1) is 20.1. The topological polar surface area (TPSA) is 53.3 Å².